The summed E-state index contributed by atoms with van der Waals surface area (Å²) < 4.78 is 35.4. The van der Waals surface area contributed by atoms with E-state index in [1.165, 1.54) is 6.26 Å². The van der Waals surface area contributed by atoms with Crippen LogP contribution in [0.5, 0.6) is 5.88 Å². The quantitative estimate of drug-likeness (QED) is 0.807. The van der Waals surface area contributed by atoms with Crippen molar-refractivity contribution in [3.8, 4) is 5.88 Å². The molecule has 1 spiro atoms. The first-order valence-corrected chi connectivity index (χ1v) is 10.2. The van der Waals surface area contributed by atoms with Gasteiger partial charge in [-0.15, -0.1) is 0 Å². The zero-order chi connectivity index (χ0) is 18.4. The van der Waals surface area contributed by atoms with Crippen molar-refractivity contribution >= 4 is 15.7 Å². The number of aromatic nitrogens is 1. The lowest BCUT2D eigenvalue weighted by Gasteiger charge is -2.49. The SMILES string of the molecule is Cc1ccoc1C(=O)N1CC2(C1)[C@@H](COc1ccccn1)CCS2(=O)=O. The highest BCUT2D eigenvalue weighted by atomic mass is 32.2. The highest BCUT2D eigenvalue weighted by Gasteiger charge is 2.63. The lowest BCUT2D eigenvalue weighted by atomic mass is 9.83. The van der Waals surface area contributed by atoms with Crippen molar-refractivity contribution in [2.45, 2.75) is 18.1 Å². The van der Waals surface area contributed by atoms with Gasteiger partial charge >= 0.3 is 0 Å². The summed E-state index contributed by atoms with van der Waals surface area (Å²) in [5, 5.41) is 0. The molecule has 0 bridgehead atoms. The second-order valence-corrected chi connectivity index (χ2v) is 9.39. The number of rotatable bonds is 4. The largest absolute Gasteiger partial charge is 0.477 e. The van der Waals surface area contributed by atoms with Gasteiger partial charge in [0.15, 0.2) is 15.6 Å². The number of aryl methyl sites for hydroxylation is 1. The van der Waals surface area contributed by atoms with E-state index >= 15 is 0 Å². The van der Waals surface area contributed by atoms with Crippen LogP contribution >= 0.6 is 0 Å². The minimum atomic E-state index is -3.27. The topological polar surface area (TPSA) is 89.7 Å². The Labute approximate surface area is 151 Å². The standard InChI is InChI=1S/C18H20N2O5S/c1-13-5-8-24-16(13)17(21)20-11-18(12-20)14(6-9-26(18,22)23)10-25-15-4-2-3-7-19-15/h2-5,7-8,14H,6,9-12H2,1H3/t14-/m1/s1. The summed E-state index contributed by atoms with van der Waals surface area (Å²) in [6, 6.07) is 7.07. The van der Waals surface area contributed by atoms with Crippen molar-refractivity contribution in [1.29, 1.82) is 0 Å². The lowest BCUT2D eigenvalue weighted by Crippen LogP contribution is -2.69. The Balaban J connectivity index is 1.48. The number of carbonyl (C=O) groups is 1. The number of likely N-dealkylation sites (tertiary alicyclic amines) is 1. The van der Waals surface area contributed by atoms with E-state index in [1.54, 1.807) is 36.2 Å². The Bertz CT molecular complexity index is 916. The number of amides is 1. The number of hydrogen-bond donors (Lipinski definition) is 0. The van der Waals surface area contributed by atoms with Gasteiger partial charge < -0.3 is 14.1 Å². The number of carbonyl (C=O) groups excluding carboxylic acids is 1. The molecule has 0 saturated carbocycles. The smallest absolute Gasteiger partial charge is 0.289 e. The van der Waals surface area contributed by atoms with E-state index in [0.717, 1.165) is 5.56 Å². The number of nitrogens with zero attached hydrogens (tertiary/aromatic N) is 2. The first-order chi connectivity index (χ1) is 12.4. The van der Waals surface area contributed by atoms with E-state index in [4.69, 9.17) is 9.15 Å². The van der Waals surface area contributed by atoms with Crippen molar-refractivity contribution < 1.29 is 22.4 Å². The van der Waals surface area contributed by atoms with E-state index in [1.807, 2.05) is 6.07 Å². The summed E-state index contributed by atoms with van der Waals surface area (Å²) in [6.07, 6.45) is 3.64. The molecule has 2 aliphatic heterocycles. The molecule has 4 heterocycles. The fourth-order valence-electron chi connectivity index (χ4n) is 3.81. The molecule has 2 aromatic rings. The van der Waals surface area contributed by atoms with Gasteiger partial charge in [-0.05, 0) is 25.5 Å². The van der Waals surface area contributed by atoms with Gasteiger partial charge in [-0.2, -0.15) is 0 Å². The van der Waals surface area contributed by atoms with Gasteiger partial charge in [0.25, 0.3) is 5.91 Å². The van der Waals surface area contributed by atoms with E-state index in [9.17, 15) is 13.2 Å². The summed E-state index contributed by atoms with van der Waals surface area (Å²) in [5.74, 6) is 0.466. The Morgan fingerprint density at radius 3 is 2.85 bits per heavy atom. The van der Waals surface area contributed by atoms with Crippen LogP contribution in [0.4, 0.5) is 0 Å². The van der Waals surface area contributed by atoms with Gasteiger partial charge in [0, 0.05) is 36.8 Å². The van der Waals surface area contributed by atoms with Crippen LogP contribution in [0.2, 0.25) is 0 Å². The highest BCUT2D eigenvalue weighted by Crippen LogP contribution is 2.45. The third-order valence-corrected chi connectivity index (χ3v) is 8.03. The molecule has 0 aliphatic carbocycles. The van der Waals surface area contributed by atoms with Crippen molar-refractivity contribution in [3.63, 3.8) is 0 Å². The number of hydrogen-bond acceptors (Lipinski definition) is 6. The molecule has 7 nitrogen and oxygen atoms in total. The Hall–Kier alpha value is -2.35. The van der Waals surface area contributed by atoms with Gasteiger partial charge in [0.2, 0.25) is 5.88 Å². The molecule has 2 saturated heterocycles. The van der Waals surface area contributed by atoms with Crippen LogP contribution in [-0.4, -0.2) is 54.4 Å². The second kappa shape index (κ2) is 6.12. The van der Waals surface area contributed by atoms with Crippen LogP contribution < -0.4 is 4.74 Å². The molecule has 2 aliphatic rings. The van der Waals surface area contributed by atoms with Crippen molar-refractivity contribution in [1.82, 2.24) is 9.88 Å². The maximum Gasteiger partial charge on any atom is 0.289 e. The fourth-order valence-corrected chi connectivity index (χ4v) is 6.21. The van der Waals surface area contributed by atoms with Crippen LogP contribution in [-0.2, 0) is 9.84 Å². The van der Waals surface area contributed by atoms with E-state index in [2.05, 4.69) is 4.98 Å². The molecule has 0 aromatic carbocycles. The van der Waals surface area contributed by atoms with Gasteiger partial charge in [-0.3, -0.25) is 4.79 Å². The van der Waals surface area contributed by atoms with Crippen LogP contribution in [0.15, 0.2) is 41.1 Å². The highest BCUT2D eigenvalue weighted by molar-refractivity contribution is 7.93. The first kappa shape index (κ1) is 17.1. The van der Waals surface area contributed by atoms with E-state index in [-0.39, 0.29) is 43.0 Å². The molecular weight excluding hydrogens is 356 g/mol. The zero-order valence-corrected chi connectivity index (χ0v) is 15.2. The van der Waals surface area contributed by atoms with Crippen molar-refractivity contribution in [2.24, 2.45) is 5.92 Å². The molecule has 1 amide bonds. The summed E-state index contributed by atoms with van der Waals surface area (Å²) in [5.41, 5.74) is 0.750. The predicted octanol–water partition coefficient (Wildman–Crippen LogP) is 1.69. The molecule has 8 heteroatoms. The van der Waals surface area contributed by atoms with Gasteiger partial charge in [-0.25, -0.2) is 13.4 Å². The molecule has 0 radical (unpaired) electrons. The van der Waals surface area contributed by atoms with E-state index < -0.39 is 14.6 Å². The number of ether oxygens (including phenoxy) is 1. The molecule has 26 heavy (non-hydrogen) atoms. The average Bonchev–Trinajstić information content (AvgIpc) is 3.12. The monoisotopic (exact) mass is 376 g/mol. The van der Waals surface area contributed by atoms with Crippen LogP contribution in [0.1, 0.15) is 22.5 Å². The van der Waals surface area contributed by atoms with Crippen LogP contribution in [0.3, 0.4) is 0 Å². The van der Waals surface area contributed by atoms with Gasteiger partial charge in [0.05, 0.1) is 18.6 Å². The molecule has 2 aromatic heterocycles. The fraction of sp³-hybridized carbons (Fsp3) is 0.444. The maximum absolute atomic E-state index is 12.7. The van der Waals surface area contributed by atoms with Crippen molar-refractivity contribution in [2.75, 3.05) is 25.4 Å². The van der Waals surface area contributed by atoms with Crippen molar-refractivity contribution in [3.05, 3.63) is 48.0 Å². The molecule has 0 N–H and O–H groups in total. The summed E-state index contributed by atoms with van der Waals surface area (Å²) in [7, 11) is -3.27. The maximum atomic E-state index is 12.7. The molecule has 1 atom stereocenters. The van der Waals surface area contributed by atoms with E-state index in [0.29, 0.717) is 12.3 Å². The molecule has 4 rings (SSSR count). The third kappa shape index (κ3) is 2.59. The minimum absolute atomic E-state index is 0.130. The summed E-state index contributed by atoms with van der Waals surface area (Å²) in [4.78, 5) is 18.2. The first-order valence-electron chi connectivity index (χ1n) is 8.52. The lowest BCUT2D eigenvalue weighted by molar-refractivity contribution is 0.0378. The third-order valence-electron chi connectivity index (χ3n) is 5.43. The average molecular weight is 376 g/mol. The Morgan fingerprint density at radius 2 is 2.19 bits per heavy atom. The number of sulfone groups is 1. The zero-order valence-electron chi connectivity index (χ0n) is 14.4. The second-order valence-electron chi connectivity index (χ2n) is 6.94. The number of furan rings is 1. The van der Waals surface area contributed by atoms with Gasteiger partial charge in [-0.1, -0.05) is 6.07 Å². The van der Waals surface area contributed by atoms with Crippen LogP contribution in [0, 0.1) is 12.8 Å². The predicted molar refractivity (Wildman–Crippen MR) is 93.7 cm³/mol. The summed E-state index contributed by atoms with van der Waals surface area (Å²) in [6.45, 7) is 2.44. The molecule has 138 valence electrons. The Morgan fingerprint density at radius 1 is 1.38 bits per heavy atom. The molecule has 0 unspecified atom stereocenters. The molecular formula is C18H20N2O5S. The summed E-state index contributed by atoms with van der Waals surface area (Å²) >= 11 is 0. The number of pyridine rings is 1. The Kier molecular flexibility index (Phi) is 4.02. The minimum Gasteiger partial charge on any atom is -0.477 e. The molecule has 2 fully saturated rings. The normalized spacial score (nSPS) is 23.0. The van der Waals surface area contributed by atoms with Gasteiger partial charge in [0.1, 0.15) is 4.75 Å². The van der Waals surface area contributed by atoms with Crippen LogP contribution in [0.25, 0.3) is 0 Å².